The van der Waals surface area contributed by atoms with Crippen LogP contribution in [0.1, 0.15) is 29.6 Å². The summed E-state index contributed by atoms with van der Waals surface area (Å²) in [5, 5.41) is 3.87. The number of fused-ring (bicyclic) bond motifs is 2. The summed E-state index contributed by atoms with van der Waals surface area (Å²) in [7, 11) is 2.01. The minimum Gasteiger partial charge on any atom is -0.354 e. The Hall–Kier alpha value is -3.72. The number of carbonyl (C=O) groups excluding carboxylic acids is 2. The number of nitrogens with one attached hydrogen (secondary N) is 1. The third kappa shape index (κ3) is 3.95. The molecule has 9 heteroatoms. The number of rotatable bonds is 6. The molecule has 4 heterocycles. The van der Waals surface area contributed by atoms with Gasteiger partial charge in [0.1, 0.15) is 5.65 Å². The molecule has 3 aromatic heterocycles. The number of nitrogens with two attached hydrogens (primary N) is 1. The van der Waals surface area contributed by atoms with Crippen LogP contribution < -0.4 is 11.1 Å². The van der Waals surface area contributed by atoms with Crippen molar-refractivity contribution in [3.8, 4) is 11.5 Å². The number of pyridine rings is 1. The molecule has 35 heavy (non-hydrogen) atoms. The second-order valence-electron chi connectivity index (χ2n) is 9.89. The highest BCUT2D eigenvalue weighted by Crippen LogP contribution is 2.36. The first-order valence-electron chi connectivity index (χ1n) is 12.2. The number of amides is 2. The second kappa shape index (κ2) is 8.49. The minimum absolute atomic E-state index is 0.0981. The predicted molar refractivity (Wildman–Crippen MR) is 134 cm³/mol. The maximum Gasteiger partial charge on any atom is 0.254 e. The Kier molecular flexibility index (Phi) is 5.29. The highest BCUT2D eigenvalue weighted by atomic mass is 16.2. The van der Waals surface area contributed by atoms with Gasteiger partial charge in [-0.2, -0.15) is 0 Å². The average molecular weight is 472 g/mol. The molecule has 2 amide bonds. The van der Waals surface area contributed by atoms with Gasteiger partial charge in [-0.25, -0.2) is 9.97 Å². The first-order chi connectivity index (χ1) is 17.0. The number of hydrogen-bond acceptors (Lipinski definition) is 5. The van der Waals surface area contributed by atoms with Crippen LogP contribution in [-0.4, -0.2) is 61.5 Å². The summed E-state index contributed by atoms with van der Waals surface area (Å²) in [6, 6.07) is 11.6. The summed E-state index contributed by atoms with van der Waals surface area (Å²) in [5.74, 6) is 1.45. The standard InChI is InChI=1S/C26H29N7O2/c1-31-22-7-6-18(26(35)32-13-19(27)11-20(14-32)29-15-34)9-21(22)30-25(31)23-10-17-3-2-8-28-24(17)33(23)12-16-4-5-16/h2-3,6-10,15-16,19-20H,4-5,11-14,27H2,1H3,(H,29,34). The maximum atomic E-state index is 13.3. The summed E-state index contributed by atoms with van der Waals surface area (Å²) in [6.07, 6.45) is 5.68. The molecular formula is C26H29N7O2. The van der Waals surface area contributed by atoms with Crippen LogP contribution >= 0.6 is 0 Å². The lowest BCUT2D eigenvalue weighted by Crippen LogP contribution is -2.55. The molecular weight excluding hydrogens is 442 g/mol. The molecule has 2 atom stereocenters. The molecule has 4 aromatic rings. The zero-order valence-electron chi connectivity index (χ0n) is 19.7. The van der Waals surface area contributed by atoms with E-state index in [9.17, 15) is 9.59 Å². The van der Waals surface area contributed by atoms with Crippen LogP contribution in [0.15, 0.2) is 42.6 Å². The van der Waals surface area contributed by atoms with Crippen molar-refractivity contribution >= 4 is 34.4 Å². The van der Waals surface area contributed by atoms with E-state index in [-0.39, 0.29) is 18.0 Å². The quantitative estimate of drug-likeness (QED) is 0.419. The number of aromatic nitrogens is 4. The van der Waals surface area contributed by atoms with Gasteiger partial charge in [0.25, 0.3) is 5.91 Å². The summed E-state index contributed by atoms with van der Waals surface area (Å²) in [4.78, 5) is 35.5. The van der Waals surface area contributed by atoms with E-state index < -0.39 is 0 Å². The van der Waals surface area contributed by atoms with E-state index in [1.165, 1.54) is 12.8 Å². The lowest BCUT2D eigenvalue weighted by atomic mass is 10.0. The average Bonchev–Trinajstić information content (AvgIpc) is 3.52. The van der Waals surface area contributed by atoms with Crippen molar-refractivity contribution < 1.29 is 9.59 Å². The number of hydrogen-bond donors (Lipinski definition) is 2. The van der Waals surface area contributed by atoms with E-state index in [0.717, 1.165) is 40.1 Å². The molecule has 2 fully saturated rings. The van der Waals surface area contributed by atoms with Crippen LogP contribution in [-0.2, 0) is 18.4 Å². The van der Waals surface area contributed by atoms with Gasteiger partial charge in [0.15, 0.2) is 5.82 Å². The van der Waals surface area contributed by atoms with Gasteiger partial charge in [-0.3, -0.25) is 9.59 Å². The zero-order valence-corrected chi connectivity index (χ0v) is 19.7. The number of likely N-dealkylation sites (tertiary alicyclic amines) is 1. The fourth-order valence-electron chi connectivity index (χ4n) is 5.28. The SMILES string of the molecule is Cn1c(-c2cc3cccnc3n2CC2CC2)nc2cc(C(=O)N3CC(N)CC(NC=O)C3)ccc21. The number of nitrogens with zero attached hydrogens (tertiary/aromatic N) is 5. The van der Waals surface area contributed by atoms with Gasteiger partial charge >= 0.3 is 0 Å². The lowest BCUT2D eigenvalue weighted by molar-refractivity contribution is -0.110. The van der Waals surface area contributed by atoms with E-state index >= 15 is 0 Å². The van der Waals surface area contributed by atoms with E-state index in [4.69, 9.17) is 10.7 Å². The van der Waals surface area contributed by atoms with Gasteiger partial charge in [-0.15, -0.1) is 0 Å². The highest BCUT2D eigenvalue weighted by molar-refractivity contribution is 5.98. The van der Waals surface area contributed by atoms with E-state index in [2.05, 4.69) is 31.6 Å². The van der Waals surface area contributed by atoms with Gasteiger partial charge < -0.3 is 25.1 Å². The third-order valence-corrected chi connectivity index (χ3v) is 7.22. The summed E-state index contributed by atoms with van der Waals surface area (Å²) >= 11 is 0. The van der Waals surface area contributed by atoms with Gasteiger partial charge in [-0.05, 0) is 61.6 Å². The Labute approximate surface area is 202 Å². The van der Waals surface area contributed by atoms with Gasteiger partial charge in [0.05, 0.1) is 16.7 Å². The van der Waals surface area contributed by atoms with Gasteiger partial charge in [-0.1, -0.05) is 0 Å². The molecule has 0 spiro atoms. The molecule has 1 saturated carbocycles. The Morgan fingerprint density at radius 1 is 1.23 bits per heavy atom. The Morgan fingerprint density at radius 2 is 2.09 bits per heavy atom. The Balaban J connectivity index is 1.36. The summed E-state index contributed by atoms with van der Waals surface area (Å²) in [6.45, 7) is 1.86. The lowest BCUT2D eigenvalue weighted by Gasteiger charge is -2.36. The minimum atomic E-state index is -0.169. The molecule has 0 bridgehead atoms. The molecule has 1 aliphatic heterocycles. The summed E-state index contributed by atoms with van der Waals surface area (Å²) in [5.41, 5.74) is 10.5. The molecule has 0 radical (unpaired) electrons. The number of carbonyl (C=O) groups is 2. The summed E-state index contributed by atoms with van der Waals surface area (Å²) < 4.78 is 4.37. The highest BCUT2D eigenvalue weighted by Gasteiger charge is 2.29. The maximum absolute atomic E-state index is 13.3. The van der Waals surface area contributed by atoms with Crippen molar-refractivity contribution in [1.82, 2.24) is 29.3 Å². The molecule has 2 aliphatic rings. The van der Waals surface area contributed by atoms with Crippen molar-refractivity contribution in [1.29, 1.82) is 0 Å². The van der Waals surface area contributed by atoms with Crippen molar-refractivity contribution in [2.45, 2.75) is 37.9 Å². The van der Waals surface area contributed by atoms with Crippen molar-refractivity contribution in [3.63, 3.8) is 0 Å². The largest absolute Gasteiger partial charge is 0.354 e. The molecule has 3 N–H and O–H groups in total. The zero-order chi connectivity index (χ0) is 24.1. The van der Waals surface area contributed by atoms with Gasteiger partial charge in [0.2, 0.25) is 6.41 Å². The van der Waals surface area contributed by atoms with Crippen molar-refractivity contribution in [2.75, 3.05) is 13.1 Å². The normalized spacial score (nSPS) is 20.5. The fourth-order valence-corrected chi connectivity index (χ4v) is 5.28. The van der Waals surface area contributed by atoms with Crippen molar-refractivity contribution in [3.05, 3.63) is 48.2 Å². The molecule has 6 rings (SSSR count). The predicted octanol–water partition coefficient (Wildman–Crippen LogP) is 2.29. The van der Waals surface area contributed by atoms with Gasteiger partial charge in [0, 0.05) is 55.9 Å². The molecule has 2 unspecified atom stereocenters. The van der Waals surface area contributed by atoms with Crippen LogP contribution in [0, 0.1) is 5.92 Å². The molecule has 180 valence electrons. The molecule has 1 aliphatic carbocycles. The number of benzene rings is 1. The van der Waals surface area contributed by atoms with E-state index in [1.54, 1.807) is 4.90 Å². The number of piperidine rings is 1. The van der Waals surface area contributed by atoms with Crippen LogP contribution in [0.2, 0.25) is 0 Å². The number of imidazole rings is 1. The fraction of sp³-hybridized carbons (Fsp3) is 0.385. The second-order valence-corrected chi connectivity index (χ2v) is 9.89. The van der Waals surface area contributed by atoms with Crippen molar-refractivity contribution in [2.24, 2.45) is 18.7 Å². The molecule has 9 nitrogen and oxygen atoms in total. The Bertz CT molecular complexity index is 1430. The third-order valence-electron chi connectivity index (χ3n) is 7.22. The first kappa shape index (κ1) is 21.8. The first-order valence-corrected chi connectivity index (χ1v) is 12.2. The van der Waals surface area contributed by atoms with Crippen LogP contribution in [0.5, 0.6) is 0 Å². The van der Waals surface area contributed by atoms with Crippen LogP contribution in [0.4, 0.5) is 0 Å². The van der Waals surface area contributed by atoms with E-state index in [1.807, 2.05) is 37.5 Å². The van der Waals surface area contributed by atoms with Crippen LogP contribution in [0.25, 0.3) is 33.6 Å². The Morgan fingerprint density at radius 3 is 2.89 bits per heavy atom. The molecule has 1 aromatic carbocycles. The van der Waals surface area contributed by atoms with Crippen LogP contribution in [0.3, 0.4) is 0 Å². The molecule has 1 saturated heterocycles. The topological polar surface area (TPSA) is 111 Å². The monoisotopic (exact) mass is 471 g/mol. The smallest absolute Gasteiger partial charge is 0.254 e. The number of aryl methyl sites for hydroxylation is 1. The van der Waals surface area contributed by atoms with E-state index in [0.29, 0.717) is 37.4 Å².